The van der Waals surface area contributed by atoms with Gasteiger partial charge >= 0.3 is 0 Å². The van der Waals surface area contributed by atoms with E-state index in [-0.39, 0.29) is 6.04 Å². The third kappa shape index (κ3) is 4.00. The molecule has 2 unspecified atom stereocenters. The van der Waals surface area contributed by atoms with Crippen molar-refractivity contribution >= 4 is 5.82 Å². The van der Waals surface area contributed by atoms with Crippen LogP contribution in [0.4, 0.5) is 5.82 Å². The molecule has 1 fully saturated rings. The molecule has 2 atom stereocenters. The van der Waals surface area contributed by atoms with Gasteiger partial charge in [0.25, 0.3) is 0 Å². The maximum Gasteiger partial charge on any atom is 0.130 e. The van der Waals surface area contributed by atoms with E-state index in [2.05, 4.69) is 42.5 Å². The van der Waals surface area contributed by atoms with Crippen molar-refractivity contribution in [2.75, 3.05) is 18.0 Å². The quantitative estimate of drug-likeness (QED) is 0.907. The summed E-state index contributed by atoms with van der Waals surface area (Å²) in [6.45, 7) is 8.81. The molecule has 2 heterocycles. The lowest BCUT2D eigenvalue weighted by molar-refractivity contribution is 0.435. The minimum atomic E-state index is 0.187. The van der Waals surface area contributed by atoms with Crippen LogP contribution < -0.4 is 10.6 Å². The summed E-state index contributed by atoms with van der Waals surface area (Å²) in [7, 11) is 2.07. The van der Waals surface area contributed by atoms with Gasteiger partial charge in [0.2, 0.25) is 0 Å². The summed E-state index contributed by atoms with van der Waals surface area (Å²) in [5.74, 6) is 2.22. The SMILES string of the molecule is CCCC1CCCN(c2c(CC(C)N)c(C)nn2C)CC1. The topological polar surface area (TPSA) is 47.1 Å². The van der Waals surface area contributed by atoms with Crippen molar-refractivity contribution in [2.24, 2.45) is 18.7 Å². The van der Waals surface area contributed by atoms with Crippen LogP contribution in [-0.4, -0.2) is 28.9 Å². The number of hydrogen-bond donors (Lipinski definition) is 1. The van der Waals surface area contributed by atoms with Crippen LogP contribution >= 0.6 is 0 Å². The maximum absolute atomic E-state index is 6.04. The molecular weight excluding hydrogens is 260 g/mol. The van der Waals surface area contributed by atoms with Crippen molar-refractivity contribution in [1.29, 1.82) is 0 Å². The van der Waals surface area contributed by atoms with Crippen LogP contribution in [0.2, 0.25) is 0 Å². The molecule has 4 heteroatoms. The second kappa shape index (κ2) is 7.30. The fourth-order valence-electron chi connectivity index (χ4n) is 3.72. The molecule has 0 aromatic carbocycles. The Bertz CT molecular complexity index is 450. The average molecular weight is 292 g/mol. The summed E-state index contributed by atoms with van der Waals surface area (Å²) >= 11 is 0. The standard InChI is InChI=1S/C17H32N4/c1-5-7-15-8-6-10-21(11-9-15)17-16(12-13(2)18)14(3)19-20(17)4/h13,15H,5-12,18H2,1-4H3. The van der Waals surface area contributed by atoms with E-state index >= 15 is 0 Å². The Morgan fingerprint density at radius 2 is 2.10 bits per heavy atom. The van der Waals surface area contributed by atoms with E-state index in [9.17, 15) is 0 Å². The van der Waals surface area contributed by atoms with Gasteiger partial charge in [0.05, 0.1) is 5.69 Å². The first kappa shape index (κ1) is 16.3. The van der Waals surface area contributed by atoms with E-state index in [1.165, 1.54) is 43.5 Å². The van der Waals surface area contributed by atoms with Gasteiger partial charge in [-0.1, -0.05) is 19.8 Å². The lowest BCUT2D eigenvalue weighted by Crippen LogP contribution is -2.28. The number of anilines is 1. The second-order valence-electron chi connectivity index (χ2n) is 6.77. The fraction of sp³-hybridized carbons (Fsp3) is 0.824. The Balaban J connectivity index is 2.17. The third-order valence-corrected chi connectivity index (χ3v) is 4.68. The maximum atomic E-state index is 6.04. The van der Waals surface area contributed by atoms with E-state index in [0.29, 0.717) is 0 Å². The Labute approximate surface area is 129 Å². The van der Waals surface area contributed by atoms with Crippen LogP contribution in [0.5, 0.6) is 0 Å². The lowest BCUT2D eigenvalue weighted by atomic mass is 9.96. The monoisotopic (exact) mass is 292 g/mol. The van der Waals surface area contributed by atoms with Crippen LogP contribution in [0.3, 0.4) is 0 Å². The molecule has 0 aliphatic carbocycles. The average Bonchev–Trinajstić information content (AvgIpc) is 2.60. The van der Waals surface area contributed by atoms with Gasteiger partial charge in [-0.3, -0.25) is 4.68 Å². The first-order valence-corrected chi connectivity index (χ1v) is 8.55. The van der Waals surface area contributed by atoms with E-state index in [0.717, 1.165) is 31.1 Å². The summed E-state index contributed by atoms with van der Waals surface area (Å²) < 4.78 is 2.06. The highest BCUT2D eigenvalue weighted by Gasteiger charge is 2.23. The molecule has 0 bridgehead atoms. The molecule has 0 radical (unpaired) electrons. The number of rotatable bonds is 5. The van der Waals surface area contributed by atoms with Gasteiger partial charge in [-0.05, 0) is 45.4 Å². The molecule has 4 nitrogen and oxygen atoms in total. The van der Waals surface area contributed by atoms with Crippen molar-refractivity contribution in [3.05, 3.63) is 11.3 Å². The molecule has 1 saturated heterocycles. The first-order valence-electron chi connectivity index (χ1n) is 8.55. The fourth-order valence-corrected chi connectivity index (χ4v) is 3.72. The Kier molecular flexibility index (Phi) is 5.68. The predicted octanol–water partition coefficient (Wildman–Crippen LogP) is 3.02. The van der Waals surface area contributed by atoms with Gasteiger partial charge < -0.3 is 10.6 Å². The third-order valence-electron chi connectivity index (χ3n) is 4.68. The number of nitrogens with two attached hydrogens (primary N) is 1. The number of nitrogens with zero attached hydrogens (tertiary/aromatic N) is 3. The molecule has 2 rings (SSSR count). The molecule has 120 valence electrons. The van der Waals surface area contributed by atoms with Crippen LogP contribution in [0.25, 0.3) is 0 Å². The van der Waals surface area contributed by atoms with E-state index < -0.39 is 0 Å². The molecule has 0 saturated carbocycles. The van der Waals surface area contributed by atoms with Crippen LogP contribution in [0.15, 0.2) is 0 Å². The summed E-state index contributed by atoms with van der Waals surface area (Å²) in [6.07, 6.45) is 7.60. The molecule has 0 amide bonds. The molecule has 1 aromatic heterocycles. The number of aryl methyl sites for hydroxylation is 2. The molecule has 0 spiro atoms. The lowest BCUT2D eigenvalue weighted by Gasteiger charge is -2.25. The number of hydrogen-bond acceptors (Lipinski definition) is 3. The second-order valence-corrected chi connectivity index (χ2v) is 6.77. The molecule has 2 N–H and O–H groups in total. The molecule has 1 aliphatic heterocycles. The number of aromatic nitrogens is 2. The van der Waals surface area contributed by atoms with Gasteiger partial charge in [-0.15, -0.1) is 0 Å². The van der Waals surface area contributed by atoms with Crippen LogP contribution in [-0.2, 0) is 13.5 Å². The van der Waals surface area contributed by atoms with Gasteiger partial charge in [0.1, 0.15) is 5.82 Å². The summed E-state index contributed by atoms with van der Waals surface area (Å²) in [6, 6.07) is 0.187. The highest BCUT2D eigenvalue weighted by molar-refractivity contribution is 5.50. The highest BCUT2D eigenvalue weighted by Crippen LogP contribution is 2.29. The largest absolute Gasteiger partial charge is 0.357 e. The Hall–Kier alpha value is -1.03. The minimum absolute atomic E-state index is 0.187. The van der Waals surface area contributed by atoms with Gasteiger partial charge in [-0.25, -0.2) is 0 Å². The zero-order valence-electron chi connectivity index (χ0n) is 14.2. The predicted molar refractivity (Wildman–Crippen MR) is 89.8 cm³/mol. The molecular formula is C17H32N4. The van der Waals surface area contributed by atoms with Crippen molar-refractivity contribution in [3.63, 3.8) is 0 Å². The zero-order chi connectivity index (χ0) is 15.4. The molecule has 21 heavy (non-hydrogen) atoms. The van der Waals surface area contributed by atoms with Crippen molar-refractivity contribution < 1.29 is 0 Å². The molecule has 1 aromatic rings. The summed E-state index contributed by atoms with van der Waals surface area (Å²) in [4.78, 5) is 2.55. The Morgan fingerprint density at radius 3 is 2.76 bits per heavy atom. The summed E-state index contributed by atoms with van der Waals surface area (Å²) in [5, 5.41) is 4.64. The first-order chi connectivity index (χ1) is 10.0. The van der Waals surface area contributed by atoms with Gasteiger partial charge in [-0.2, -0.15) is 5.10 Å². The highest BCUT2D eigenvalue weighted by atomic mass is 15.4. The normalized spacial score (nSPS) is 21.4. The summed E-state index contributed by atoms with van der Waals surface area (Å²) in [5.41, 5.74) is 8.52. The van der Waals surface area contributed by atoms with Crippen molar-refractivity contribution in [1.82, 2.24) is 9.78 Å². The van der Waals surface area contributed by atoms with E-state index in [1.54, 1.807) is 0 Å². The Morgan fingerprint density at radius 1 is 1.33 bits per heavy atom. The van der Waals surface area contributed by atoms with E-state index in [4.69, 9.17) is 5.73 Å². The van der Waals surface area contributed by atoms with Crippen LogP contribution in [0, 0.1) is 12.8 Å². The van der Waals surface area contributed by atoms with E-state index in [1.807, 2.05) is 0 Å². The zero-order valence-corrected chi connectivity index (χ0v) is 14.2. The van der Waals surface area contributed by atoms with Crippen molar-refractivity contribution in [3.8, 4) is 0 Å². The smallest absolute Gasteiger partial charge is 0.130 e. The minimum Gasteiger partial charge on any atom is -0.357 e. The van der Waals surface area contributed by atoms with Crippen LogP contribution in [0.1, 0.15) is 57.2 Å². The van der Waals surface area contributed by atoms with Gasteiger partial charge in [0.15, 0.2) is 0 Å². The molecule has 1 aliphatic rings. The van der Waals surface area contributed by atoms with Gasteiger partial charge in [0, 0.05) is 31.7 Å². The van der Waals surface area contributed by atoms with Crippen molar-refractivity contribution in [2.45, 2.75) is 65.3 Å².